The number of hydrogen-bond donors (Lipinski definition) is 1. The summed E-state index contributed by atoms with van der Waals surface area (Å²) in [6, 6.07) is 3.69. The Kier molecular flexibility index (Phi) is 2.08. The number of furan rings is 1. The molecule has 0 saturated carbocycles. The van der Waals surface area contributed by atoms with Crippen LogP contribution in [0.1, 0.15) is 6.92 Å². The summed E-state index contributed by atoms with van der Waals surface area (Å²) in [5.41, 5.74) is 1.11. The molecule has 2 heterocycles. The first-order valence-corrected chi connectivity index (χ1v) is 4.18. The van der Waals surface area contributed by atoms with E-state index < -0.39 is 0 Å². The van der Waals surface area contributed by atoms with Crippen LogP contribution in [0.5, 0.6) is 0 Å². The molecule has 0 spiro atoms. The molecule has 1 aromatic rings. The molecule has 1 unspecified atom stereocenters. The van der Waals surface area contributed by atoms with E-state index in [1.807, 2.05) is 31.2 Å². The van der Waals surface area contributed by atoms with Crippen LogP contribution in [-0.4, -0.2) is 6.23 Å². The van der Waals surface area contributed by atoms with Gasteiger partial charge in [-0.05, 0) is 19.1 Å². The van der Waals surface area contributed by atoms with Crippen LogP contribution < -0.4 is 5.32 Å². The molecule has 68 valence electrons. The van der Waals surface area contributed by atoms with Gasteiger partial charge in [-0.15, -0.1) is 0 Å². The predicted molar refractivity (Wildman–Crippen MR) is 50.1 cm³/mol. The second kappa shape index (κ2) is 3.39. The molecule has 1 aromatic heterocycles. The molecule has 13 heavy (non-hydrogen) atoms. The van der Waals surface area contributed by atoms with Crippen LogP contribution in [0.15, 0.2) is 46.8 Å². The summed E-state index contributed by atoms with van der Waals surface area (Å²) in [4.78, 5) is 0. The fourth-order valence-corrected chi connectivity index (χ4v) is 1.22. The number of nitrogens with one attached hydrogen (secondary N) is 1. The Balaban J connectivity index is 2.04. The van der Waals surface area contributed by atoms with Crippen molar-refractivity contribution in [3.05, 3.63) is 42.4 Å². The quantitative estimate of drug-likeness (QED) is 0.753. The third-order valence-corrected chi connectivity index (χ3v) is 1.91. The van der Waals surface area contributed by atoms with E-state index in [1.165, 1.54) is 0 Å². The molecule has 3 nitrogen and oxygen atoms in total. The minimum atomic E-state index is -0.115. The van der Waals surface area contributed by atoms with E-state index in [9.17, 15) is 0 Å². The van der Waals surface area contributed by atoms with E-state index >= 15 is 0 Å². The molecule has 3 heteroatoms. The van der Waals surface area contributed by atoms with E-state index in [0.29, 0.717) is 5.88 Å². The van der Waals surface area contributed by atoms with Gasteiger partial charge in [0.1, 0.15) is 0 Å². The third kappa shape index (κ3) is 1.59. The highest BCUT2D eigenvalue weighted by atomic mass is 16.5. The Morgan fingerprint density at radius 3 is 3.15 bits per heavy atom. The molecule has 0 bridgehead atoms. The molecule has 0 amide bonds. The molecule has 0 aromatic carbocycles. The average Bonchev–Trinajstić information content (AvgIpc) is 2.76. The summed E-state index contributed by atoms with van der Waals surface area (Å²) < 4.78 is 10.5. The highest BCUT2D eigenvalue weighted by molar-refractivity contribution is 5.38. The van der Waals surface area contributed by atoms with E-state index in [-0.39, 0.29) is 6.23 Å². The van der Waals surface area contributed by atoms with Crippen molar-refractivity contribution in [3.8, 4) is 0 Å². The first-order chi connectivity index (χ1) is 6.40. The van der Waals surface area contributed by atoms with Gasteiger partial charge in [0.25, 0.3) is 0 Å². The van der Waals surface area contributed by atoms with Crippen LogP contribution in [0.4, 0.5) is 5.88 Å². The van der Waals surface area contributed by atoms with Crippen molar-refractivity contribution >= 4 is 5.88 Å². The molecule has 1 atom stereocenters. The summed E-state index contributed by atoms with van der Waals surface area (Å²) in [5.74, 6) is 0.716. The van der Waals surface area contributed by atoms with Crippen molar-refractivity contribution in [3.63, 3.8) is 0 Å². The highest BCUT2D eigenvalue weighted by Gasteiger charge is 2.16. The summed E-state index contributed by atoms with van der Waals surface area (Å²) in [5, 5.41) is 3.10. The summed E-state index contributed by atoms with van der Waals surface area (Å²) in [6.07, 6.45) is 7.12. The molecule has 1 N–H and O–H groups in total. The average molecular weight is 177 g/mol. The maximum atomic E-state index is 5.31. The first kappa shape index (κ1) is 7.98. The second-order valence-corrected chi connectivity index (χ2v) is 2.73. The molecule has 0 radical (unpaired) electrons. The zero-order valence-electron chi connectivity index (χ0n) is 7.36. The van der Waals surface area contributed by atoms with E-state index in [4.69, 9.17) is 9.15 Å². The minimum Gasteiger partial charge on any atom is -0.474 e. The largest absolute Gasteiger partial charge is 0.474 e. The SMILES string of the molecule is CC=C1C=COC1Nc1ccco1. The lowest BCUT2D eigenvalue weighted by molar-refractivity contribution is 0.219. The maximum Gasteiger partial charge on any atom is 0.197 e. The summed E-state index contributed by atoms with van der Waals surface area (Å²) in [6.45, 7) is 1.98. The monoisotopic (exact) mass is 177 g/mol. The number of allylic oxidation sites excluding steroid dienone is 1. The molecule has 2 rings (SSSR count). The number of anilines is 1. The Morgan fingerprint density at radius 1 is 1.54 bits per heavy atom. The second-order valence-electron chi connectivity index (χ2n) is 2.73. The van der Waals surface area contributed by atoms with E-state index in [2.05, 4.69) is 5.32 Å². The molecule has 0 saturated heterocycles. The van der Waals surface area contributed by atoms with Gasteiger partial charge in [-0.2, -0.15) is 0 Å². The van der Waals surface area contributed by atoms with Crippen LogP contribution >= 0.6 is 0 Å². The van der Waals surface area contributed by atoms with Gasteiger partial charge >= 0.3 is 0 Å². The van der Waals surface area contributed by atoms with Crippen LogP contribution in [0.3, 0.4) is 0 Å². The number of rotatable bonds is 2. The first-order valence-electron chi connectivity index (χ1n) is 4.18. The lowest BCUT2D eigenvalue weighted by Gasteiger charge is -2.12. The molecule has 0 fully saturated rings. The van der Waals surface area contributed by atoms with Crippen LogP contribution in [0, 0.1) is 0 Å². The Labute approximate surface area is 76.7 Å². The maximum absolute atomic E-state index is 5.31. The molecule has 1 aliphatic heterocycles. The molecule has 1 aliphatic rings. The summed E-state index contributed by atoms with van der Waals surface area (Å²) >= 11 is 0. The van der Waals surface area contributed by atoms with Crippen molar-refractivity contribution in [1.29, 1.82) is 0 Å². The number of ether oxygens (including phenoxy) is 1. The van der Waals surface area contributed by atoms with E-state index in [0.717, 1.165) is 5.57 Å². The van der Waals surface area contributed by atoms with Crippen LogP contribution in [-0.2, 0) is 4.74 Å². The lowest BCUT2D eigenvalue weighted by Crippen LogP contribution is -2.19. The van der Waals surface area contributed by atoms with Gasteiger partial charge in [0.15, 0.2) is 12.1 Å². The van der Waals surface area contributed by atoms with Gasteiger partial charge in [-0.1, -0.05) is 6.08 Å². The van der Waals surface area contributed by atoms with Crippen molar-refractivity contribution in [2.24, 2.45) is 0 Å². The van der Waals surface area contributed by atoms with Crippen molar-refractivity contribution in [1.82, 2.24) is 0 Å². The fourth-order valence-electron chi connectivity index (χ4n) is 1.22. The van der Waals surface area contributed by atoms with Gasteiger partial charge < -0.3 is 14.5 Å². The summed E-state index contributed by atoms with van der Waals surface area (Å²) in [7, 11) is 0. The van der Waals surface area contributed by atoms with Gasteiger partial charge in [-0.3, -0.25) is 0 Å². The van der Waals surface area contributed by atoms with Gasteiger partial charge in [0.05, 0.1) is 12.5 Å². The third-order valence-electron chi connectivity index (χ3n) is 1.91. The van der Waals surface area contributed by atoms with Gasteiger partial charge in [0.2, 0.25) is 0 Å². The van der Waals surface area contributed by atoms with Gasteiger partial charge in [-0.25, -0.2) is 0 Å². The van der Waals surface area contributed by atoms with Crippen molar-refractivity contribution in [2.75, 3.05) is 5.32 Å². The molecule has 0 aliphatic carbocycles. The smallest absolute Gasteiger partial charge is 0.197 e. The molecular formula is C10H11NO2. The standard InChI is InChI=1S/C10H11NO2/c1-2-8-5-7-13-10(8)11-9-4-3-6-12-9/h2-7,10-11H,1H3. The van der Waals surface area contributed by atoms with Crippen LogP contribution in [0.25, 0.3) is 0 Å². The van der Waals surface area contributed by atoms with E-state index in [1.54, 1.807) is 12.5 Å². The Hall–Kier alpha value is -1.64. The molecular weight excluding hydrogens is 166 g/mol. The normalized spacial score (nSPS) is 23.5. The van der Waals surface area contributed by atoms with Crippen LogP contribution in [0.2, 0.25) is 0 Å². The fraction of sp³-hybridized carbons (Fsp3) is 0.200. The Morgan fingerprint density at radius 2 is 2.46 bits per heavy atom. The van der Waals surface area contributed by atoms with Gasteiger partial charge in [0, 0.05) is 11.6 Å². The topological polar surface area (TPSA) is 34.4 Å². The van der Waals surface area contributed by atoms with Crippen molar-refractivity contribution in [2.45, 2.75) is 13.2 Å². The van der Waals surface area contributed by atoms with Crippen molar-refractivity contribution < 1.29 is 9.15 Å². The number of hydrogen-bond acceptors (Lipinski definition) is 3. The predicted octanol–water partition coefficient (Wildman–Crippen LogP) is 2.51. The Bertz CT molecular complexity index is 325. The highest BCUT2D eigenvalue weighted by Crippen LogP contribution is 2.19. The zero-order chi connectivity index (χ0) is 9.10. The lowest BCUT2D eigenvalue weighted by atomic mass is 10.2. The minimum absolute atomic E-state index is 0.115. The zero-order valence-corrected chi connectivity index (χ0v) is 7.36.